The van der Waals surface area contributed by atoms with Crippen LogP contribution in [0.2, 0.25) is 0 Å². The first kappa shape index (κ1) is 42.5. The van der Waals surface area contributed by atoms with E-state index >= 15 is 0 Å². The lowest BCUT2D eigenvalue weighted by Crippen LogP contribution is -2.49. The van der Waals surface area contributed by atoms with E-state index in [1.54, 1.807) is 12.1 Å². The minimum absolute atomic E-state index is 0.383. The van der Waals surface area contributed by atoms with Gasteiger partial charge in [0, 0.05) is 22.9 Å². The highest BCUT2D eigenvalue weighted by Gasteiger charge is 2.45. The second kappa shape index (κ2) is 15.9. The Labute approximate surface area is 343 Å². The van der Waals surface area contributed by atoms with Crippen molar-refractivity contribution in [2.24, 2.45) is 10.8 Å². The molecule has 0 saturated carbocycles. The Morgan fingerprint density at radius 3 is 1.28 bits per heavy atom. The van der Waals surface area contributed by atoms with Crippen molar-refractivity contribution in [3.8, 4) is 33.8 Å². The van der Waals surface area contributed by atoms with Gasteiger partial charge in [0.15, 0.2) is 0 Å². The average Bonchev–Trinajstić information content (AvgIpc) is 3.12. The lowest BCUT2D eigenvalue weighted by atomic mass is 9.65. The predicted molar refractivity (Wildman–Crippen MR) is 236 cm³/mol. The number of ether oxygens (including phenoxy) is 2. The fourth-order valence-corrected chi connectivity index (χ4v) is 9.40. The Balaban J connectivity index is 1.14. The average molecular weight is 785 g/mol. The van der Waals surface area contributed by atoms with E-state index < -0.39 is 28.1 Å². The van der Waals surface area contributed by atoms with Crippen LogP contribution >= 0.6 is 0 Å². The van der Waals surface area contributed by atoms with Gasteiger partial charge in [0.1, 0.15) is 33.9 Å². The van der Waals surface area contributed by atoms with Crippen LogP contribution in [0.1, 0.15) is 104 Å². The number of hydrogen-bond acceptors (Lipinski definition) is 7. The molecule has 0 aliphatic rings. The van der Waals surface area contributed by atoms with Gasteiger partial charge in [-0.3, -0.25) is 0 Å². The van der Waals surface area contributed by atoms with Crippen LogP contribution in [0.3, 0.4) is 0 Å². The predicted octanol–water partition coefficient (Wildman–Crippen LogP) is 12.2. The standard InChI is InChI=1S/C51H60O7/c1-13-33-23-31(3)15-21-39(33)41-25-35-17-19-37(27-43(35)55-45(41)52)57-50(9,10)29-48(5,6)47(54)49(7,8)30-51(11,12)58-38-20-18-36-26-42(46(53)56-44(36)28-38)40-22-16-32(4)24-34(40)14-2/h15-28,47,54H,13-14,29-30H2,1-12H3. The van der Waals surface area contributed by atoms with E-state index in [0.29, 0.717) is 46.6 Å². The number of aliphatic hydroxyl groups is 1. The van der Waals surface area contributed by atoms with Crippen LogP contribution in [0, 0.1) is 24.7 Å². The van der Waals surface area contributed by atoms with Crippen molar-refractivity contribution < 1.29 is 23.4 Å². The Morgan fingerprint density at radius 1 is 0.534 bits per heavy atom. The van der Waals surface area contributed by atoms with E-state index in [1.165, 1.54) is 0 Å². The molecule has 0 atom stereocenters. The number of rotatable bonds is 14. The third-order valence-electron chi connectivity index (χ3n) is 11.3. The SMILES string of the molecule is CCc1cc(C)ccc1-c1cc2ccc(OC(C)(C)CC(C)(C)C(O)C(C)(C)CC(C)(C)Oc3ccc4cc(-c5ccc(C)cc5CC)c(=O)oc4c3)cc2oc1=O. The van der Waals surface area contributed by atoms with Gasteiger partial charge in [-0.1, -0.05) is 89.1 Å². The Bertz CT molecular complexity index is 2400. The van der Waals surface area contributed by atoms with Crippen molar-refractivity contribution >= 4 is 21.9 Å². The molecule has 58 heavy (non-hydrogen) atoms. The first-order chi connectivity index (χ1) is 27.1. The lowest BCUT2D eigenvalue weighted by molar-refractivity contribution is -0.0937. The molecule has 2 aromatic heterocycles. The van der Waals surface area contributed by atoms with Crippen LogP contribution in [-0.2, 0) is 12.8 Å². The second-order valence-electron chi connectivity index (χ2n) is 18.8. The summed E-state index contributed by atoms with van der Waals surface area (Å²) in [6.07, 6.45) is 1.97. The highest BCUT2D eigenvalue weighted by atomic mass is 16.5. The van der Waals surface area contributed by atoms with E-state index in [2.05, 4.69) is 67.5 Å². The minimum atomic E-state index is -0.726. The van der Waals surface area contributed by atoms with Crippen LogP contribution in [0.25, 0.3) is 44.2 Å². The molecule has 306 valence electrons. The lowest BCUT2D eigenvalue weighted by Gasteiger charge is -2.46. The smallest absolute Gasteiger partial charge is 0.344 e. The van der Waals surface area contributed by atoms with Crippen molar-refractivity contribution in [1.82, 2.24) is 0 Å². The molecule has 6 rings (SSSR count). The number of benzene rings is 4. The summed E-state index contributed by atoms with van der Waals surface area (Å²) in [5.41, 5.74) is 5.08. The van der Waals surface area contributed by atoms with Gasteiger partial charge in [0.2, 0.25) is 0 Å². The molecule has 0 spiro atoms. The molecule has 4 aromatic carbocycles. The number of fused-ring (bicyclic) bond motifs is 2. The zero-order valence-corrected chi connectivity index (χ0v) is 36.4. The summed E-state index contributed by atoms with van der Waals surface area (Å²) in [6, 6.07) is 27.2. The van der Waals surface area contributed by atoms with Gasteiger partial charge in [-0.15, -0.1) is 0 Å². The number of aliphatic hydroxyl groups excluding tert-OH is 1. The van der Waals surface area contributed by atoms with E-state index in [1.807, 2.05) is 88.4 Å². The van der Waals surface area contributed by atoms with Gasteiger partial charge < -0.3 is 23.4 Å². The van der Waals surface area contributed by atoms with Crippen LogP contribution in [0.15, 0.2) is 103 Å². The third-order valence-corrected chi connectivity index (χ3v) is 11.3. The third kappa shape index (κ3) is 9.26. The van der Waals surface area contributed by atoms with Gasteiger partial charge >= 0.3 is 11.3 Å². The van der Waals surface area contributed by atoms with Gasteiger partial charge in [0.25, 0.3) is 0 Å². The fourth-order valence-electron chi connectivity index (χ4n) is 9.40. The van der Waals surface area contributed by atoms with E-state index in [-0.39, 0.29) is 11.3 Å². The highest BCUT2D eigenvalue weighted by molar-refractivity contribution is 5.84. The van der Waals surface area contributed by atoms with E-state index in [0.717, 1.165) is 57.0 Å². The molecular formula is C51H60O7. The summed E-state index contributed by atoms with van der Waals surface area (Å²) < 4.78 is 24.8. The first-order valence-electron chi connectivity index (χ1n) is 20.5. The fraction of sp³-hybridized carbons (Fsp3) is 0.412. The molecule has 1 N–H and O–H groups in total. The second-order valence-corrected chi connectivity index (χ2v) is 18.8. The van der Waals surface area contributed by atoms with Gasteiger partial charge in [0.05, 0.1) is 17.2 Å². The molecule has 7 nitrogen and oxygen atoms in total. The number of aryl methyl sites for hydroxylation is 4. The maximum Gasteiger partial charge on any atom is 0.344 e. The van der Waals surface area contributed by atoms with Crippen molar-refractivity contribution in [3.05, 3.63) is 128 Å². The van der Waals surface area contributed by atoms with Gasteiger partial charge in [-0.05, 0) is 137 Å². The van der Waals surface area contributed by atoms with E-state index in [9.17, 15) is 14.7 Å². The van der Waals surface area contributed by atoms with Gasteiger partial charge in [-0.2, -0.15) is 0 Å². The zero-order valence-electron chi connectivity index (χ0n) is 36.4. The number of hydrogen-bond donors (Lipinski definition) is 1. The molecule has 0 amide bonds. The summed E-state index contributed by atoms with van der Waals surface area (Å²) in [7, 11) is 0. The molecular weight excluding hydrogens is 725 g/mol. The van der Waals surface area contributed by atoms with E-state index in [4.69, 9.17) is 18.3 Å². The highest BCUT2D eigenvalue weighted by Crippen LogP contribution is 2.45. The molecule has 6 aromatic rings. The molecule has 0 aliphatic carbocycles. The molecule has 0 bridgehead atoms. The molecule has 0 aliphatic heterocycles. The summed E-state index contributed by atoms with van der Waals surface area (Å²) in [5.74, 6) is 1.17. The Hall–Kier alpha value is -5.14. The molecule has 0 unspecified atom stereocenters. The molecule has 2 heterocycles. The molecule has 7 heteroatoms. The van der Waals surface area contributed by atoms with Crippen molar-refractivity contribution in [2.75, 3.05) is 0 Å². The Morgan fingerprint density at radius 2 is 0.914 bits per heavy atom. The van der Waals surface area contributed by atoms with Crippen molar-refractivity contribution in [3.63, 3.8) is 0 Å². The maximum atomic E-state index is 13.2. The molecule has 0 saturated heterocycles. The maximum absolute atomic E-state index is 13.2. The summed E-state index contributed by atoms with van der Waals surface area (Å²) >= 11 is 0. The largest absolute Gasteiger partial charge is 0.488 e. The van der Waals surface area contributed by atoms with Crippen molar-refractivity contribution in [1.29, 1.82) is 0 Å². The van der Waals surface area contributed by atoms with Crippen LogP contribution in [0.5, 0.6) is 11.5 Å². The quantitative estimate of drug-likeness (QED) is 0.110. The summed E-state index contributed by atoms with van der Waals surface area (Å²) in [6.45, 7) is 24.6. The Kier molecular flexibility index (Phi) is 11.6. The van der Waals surface area contributed by atoms with Gasteiger partial charge in [-0.25, -0.2) is 9.59 Å². The first-order valence-corrected chi connectivity index (χ1v) is 20.5. The van der Waals surface area contributed by atoms with Crippen LogP contribution in [0.4, 0.5) is 0 Å². The minimum Gasteiger partial charge on any atom is -0.488 e. The zero-order chi connectivity index (χ0) is 42.4. The summed E-state index contributed by atoms with van der Waals surface area (Å²) in [4.78, 5) is 26.5. The topological polar surface area (TPSA) is 99.1 Å². The monoisotopic (exact) mass is 784 g/mol. The van der Waals surface area contributed by atoms with Crippen molar-refractivity contribution in [2.45, 2.75) is 126 Å². The summed E-state index contributed by atoms with van der Waals surface area (Å²) in [5, 5.41) is 13.7. The van der Waals surface area contributed by atoms with Crippen LogP contribution in [-0.4, -0.2) is 22.4 Å². The van der Waals surface area contributed by atoms with Crippen LogP contribution < -0.4 is 20.7 Å². The molecule has 0 radical (unpaired) electrons. The molecule has 0 fully saturated rings. The normalized spacial score (nSPS) is 12.8.